The van der Waals surface area contributed by atoms with E-state index in [9.17, 15) is 14.4 Å². The summed E-state index contributed by atoms with van der Waals surface area (Å²) >= 11 is 0. The summed E-state index contributed by atoms with van der Waals surface area (Å²) in [7, 11) is 0. The summed E-state index contributed by atoms with van der Waals surface area (Å²) in [5.74, 6) is -2.00. The molecule has 1 aliphatic carbocycles. The van der Waals surface area contributed by atoms with Crippen molar-refractivity contribution in [2.24, 2.45) is 11.8 Å². The number of aliphatic carboxylic acids is 1. The number of carboxylic acids is 1. The Balaban J connectivity index is 2.67. The fraction of sp³-hybridized carbons (Fsp3) is 0.786. The molecule has 0 aliphatic heterocycles. The Kier molecular flexibility index (Phi) is 5.98. The number of hydrogen-bond donors (Lipinski definition) is 3. The quantitative estimate of drug-likeness (QED) is 0.675. The van der Waals surface area contributed by atoms with Crippen LogP contribution in [0.25, 0.3) is 0 Å². The lowest BCUT2D eigenvalue weighted by atomic mass is 9.96. The van der Waals surface area contributed by atoms with E-state index in [1.54, 1.807) is 13.8 Å². The minimum absolute atomic E-state index is 0.145. The lowest BCUT2D eigenvalue weighted by molar-refractivity contribution is -0.142. The second-order valence-corrected chi connectivity index (χ2v) is 5.65. The van der Waals surface area contributed by atoms with E-state index in [1.165, 1.54) is 6.92 Å². The van der Waals surface area contributed by atoms with Gasteiger partial charge < -0.3 is 15.7 Å². The van der Waals surface area contributed by atoms with Crippen LogP contribution in [0.3, 0.4) is 0 Å². The largest absolute Gasteiger partial charge is 0.481 e. The number of carbonyl (C=O) groups is 3. The highest BCUT2D eigenvalue weighted by atomic mass is 16.4. The summed E-state index contributed by atoms with van der Waals surface area (Å²) in [6.45, 7) is 4.60. The Morgan fingerprint density at radius 3 is 2.10 bits per heavy atom. The Labute approximate surface area is 119 Å². The maximum Gasteiger partial charge on any atom is 0.308 e. The molecule has 0 aromatic carbocycles. The molecular formula is C14H24N2O4. The van der Waals surface area contributed by atoms with Crippen molar-refractivity contribution in [2.45, 2.75) is 58.5 Å². The summed E-state index contributed by atoms with van der Waals surface area (Å²) in [6, 6.07) is -1.03. The van der Waals surface area contributed by atoms with E-state index in [1.807, 2.05) is 0 Å². The first-order valence-electron chi connectivity index (χ1n) is 7.13. The predicted octanol–water partition coefficient (Wildman–Crippen LogP) is 0.907. The van der Waals surface area contributed by atoms with Gasteiger partial charge in [0.15, 0.2) is 0 Å². The molecule has 3 unspecified atom stereocenters. The molecule has 3 atom stereocenters. The zero-order chi connectivity index (χ0) is 15.3. The van der Waals surface area contributed by atoms with Crippen LogP contribution in [0.2, 0.25) is 0 Å². The Bertz CT molecular complexity index is 377. The van der Waals surface area contributed by atoms with Gasteiger partial charge in [0.05, 0.1) is 5.92 Å². The lowest BCUT2D eigenvalue weighted by Crippen LogP contribution is -2.53. The van der Waals surface area contributed by atoms with Crippen molar-refractivity contribution in [3.05, 3.63) is 0 Å². The molecule has 20 heavy (non-hydrogen) atoms. The summed E-state index contributed by atoms with van der Waals surface area (Å²) in [4.78, 5) is 34.4. The number of nitrogens with one attached hydrogen (secondary N) is 2. The number of rotatable bonds is 6. The first-order valence-corrected chi connectivity index (χ1v) is 7.13. The van der Waals surface area contributed by atoms with Crippen molar-refractivity contribution >= 4 is 17.8 Å². The third kappa shape index (κ3) is 4.51. The molecule has 0 saturated heterocycles. The van der Waals surface area contributed by atoms with Gasteiger partial charge in [0.2, 0.25) is 11.8 Å². The van der Waals surface area contributed by atoms with E-state index >= 15 is 0 Å². The molecule has 0 aromatic heterocycles. The fourth-order valence-electron chi connectivity index (χ4n) is 2.56. The molecule has 0 bridgehead atoms. The molecule has 0 heterocycles. The zero-order valence-corrected chi connectivity index (χ0v) is 12.3. The standard InChI is InChI=1S/C14H24N2O4/c1-8(14(19)20)9(2)15-13(18)12(16-10(3)17)11-6-4-5-7-11/h8-9,11-12H,4-7H2,1-3H3,(H,15,18)(H,16,17)(H,19,20). The van der Waals surface area contributed by atoms with Gasteiger partial charge in [-0.25, -0.2) is 0 Å². The van der Waals surface area contributed by atoms with Gasteiger partial charge >= 0.3 is 5.97 Å². The maximum absolute atomic E-state index is 12.3. The van der Waals surface area contributed by atoms with Crippen LogP contribution in [0.15, 0.2) is 0 Å². The van der Waals surface area contributed by atoms with Crippen LogP contribution in [-0.2, 0) is 14.4 Å². The van der Waals surface area contributed by atoms with Crippen molar-refractivity contribution in [3.8, 4) is 0 Å². The highest BCUT2D eigenvalue weighted by Crippen LogP contribution is 2.28. The van der Waals surface area contributed by atoms with Gasteiger partial charge in [-0.3, -0.25) is 14.4 Å². The third-order valence-electron chi connectivity index (χ3n) is 4.02. The molecule has 3 N–H and O–H groups in total. The van der Waals surface area contributed by atoms with Gasteiger partial charge in [0, 0.05) is 13.0 Å². The Morgan fingerprint density at radius 2 is 1.65 bits per heavy atom. The normalized spacial score (nSPS) is 19.9. The van der Waals surface area contributed by atoms with Crippen LogP contribution < -0.4 is 10.6 Å². The van der Waals surface area contributed by atoms with Crippen LogP contribution in [0.1, 0.15) is 46.5 Å². The molecule has 1 fully saturated rings. The van der Waals surface area contributed by atoms with Gasteiger partial charge in [-0.2, -0.15) is 0 Å². The van der Waals surface area contributed by atoms with E-state index < -0.39 is 24.0 Å². The number of amides is 2. The molecule has 1 saturated carbocycles. The summed E-state index contributed by atoms with van der Waals surface area (Å²) in [6.07, 6.45) is 3.96. The summed E-state index contributed by atoms with van der Waals surface area (Å²) < 4.78 is 0. The van der Waals surface area contributed by atoms with Crippen LogP contribution in [0, 0.1) is 11.8 Å². The SMILES string of the molecule is CC(=O)NC(C(=O)NC(C)C(C)C(=O)O)C1CCCC1. The zero-order valence-electron chi connectivity index (χ0n) is 12.3. The van der Waals surface area contributed by atoms with Crippen molar-refractivity contribution in [3.63, 3.8) is 0 Å². The van der Waals surface area contributed by atoms with Crippen LogP contribution in [0.4, 0.5) is 0 Å². The average molecular weight is 284 g/mol. The van der Waals surface area contributed by atoms with Gasteiger partial charge in [0.25, 0.3) is 0 Å². The Morgan fingerprint density at radius 1 is 1.10 bits per heavy atom. The van der Waals surface area contributed by atoms with E-state index in [4.69, 9.17) is 5.11 Å². The maximum atomic E-state index is 12.3. The Hall–Kier alpha value is -1.59. The molecule has 6 heteroatoms. The average Bonchev–Trinajstić information content (AvgIpc) is 2.87. The van der Waals surface area contributed by atoms with E-state index in [0.29, 0.717) is 0 Å². The molecule has 6 nitrogen and oxygen atoms in total. The van der Waals surface area contributed by atoms with Gasteiger partial charge in [-0.15, -0.1) is 0 Å². The minimum Gasteiger partial charge on any atom is -0.481 e. The second-order valence-electron chi connectivity index (χ2n) is 5.65. The molecule has 0 spiro atoms. The third-order valence-corrected chi connectivity index (χ3v) is 4.02. The highest BCUT2D eigenvalue weighted by Gasteiger charge is 2.33. The first kappa shape index (κ1) is 16.5. The van der Waals surface area contributed by atoms with Gasteiger partial charge in [0.1, 0.15) is 6.04 Å². The van der Waals surface area contributed by atoms with Gasteiger partial charge in [-0.1, -0.05) is 12.8 Å². The highest BCUT2D eigenvalue weighted by molar-refractivity contribution is 5.87. The minimum atomic E-state index is -0.949. The van der Waals surface area contributed by atoms with E-state index in [0.717, 1.165) is 25.7 Å². The van der Waals surface area contributed by atoms with Crippen molar-refractivity contribution in [1.82, 2.24) is 10.6 Å². The van der Waals surface area contributed by atoms with Crippen LogP contribution in [-0.4, -0.2) is 35.0 Å². The lowest BCUT2D eigenvalue weighted by Gasteiger charge is -2.26. The second kappa shape index (κ2) is 7.26. The summed E-state index contributed by atoms with van der Waals surface area (Å²) in [5.41, 5.74) is 0. The van der Waals surface area contributed by atoms with E-state index in [2.05, 4.69) is 10.6 Å². The van der Waals surface area contributed by atoms with Crippen LogP contribution >= 0.6 is 0 Å². The molecule has 114 valence electrons. The first-order chi connectivity index (χ1) is 9.32. The molecule has 0 aromatic rings. The van der Waals surface area contributed by atoms with Crippen molar-refractivity contribution < 1.29 is 19.5 Å². The van der Waals surface area contributed by atoms with Crippen LogP contribution in [0.5, 0.6) is 0 Å². The number of carboxylic acid groups (broad SMARTS) is 1. The fourth-order valence-corrected chi connectivity index (χ4v) is 2.56. The van der Waals surface area contributed by atoms with Gasteiger partial charge in [-0.05, 0) is 32.6 Å². The molecule has 1 rings (SSSR count). The summed E-state index contributed by atoms with van der Waals surface area (Å²) in [5, 5.41) is 14.3. The topological polar surface area (TPSA) is 95.5 Å². The smallest absolute Gasteiger partial charge is 0.308 e. The number of carbonyl (C=O) groups excluding carboxylic acids is 2. The predicted molar refractivity (Wildman–Crippen MR) is 74.0 cm³/mol. The molecule has 0 radical (unpaired) electrons. The molecule has 1 aliphatic rings. The number of hydrogen-bond acceptors (Lipinski definition) is 3. The van der Waals surface area contributed by atoms with Crippen molar-refractivity contribution in [2.75, 3.05) is 0 Å². The molecule has 2 amide bonds. The van der Waals surface area contributed by atoms with E-state index in [-0.39, 0.29) is 17.7 Å². The van der Waals surface area contributed by atoms with Crippen molar-refractivity contribution in [1.29, 1.82) is 0 Å². The molecular weight excluding hydrogens is 260 g/mol. The monoisotopic (exact) mass is 284 g/mol.